The smallest absolute Gasteiger partial charge is 0.303 e. The lowest BCUT2D eigenvalue weighted by molar-refractivity contribution is -0.138. The van der Waals surface area contributed by atoms with E-state index >= 15 is 0 Å². The average Bonchev–Trinajstić information content (AvgIpc) is 2.64. The highest BCUT2D eigenvalue weighted by atomic mass is 16.4. The summed E-state index contributed by atoms with van der Waals surface area (Å²) >= 11 is 0. The van der Waals surface area contributed by atoms with Crippen LogP contribution >= 0.6 is 0 Å². The van der Waals surface area contributed by atoms with Gasteiger partial charge >= 0.3 is 5.97 Å². The molecule has 1 spiro atoms. The lowest BCUT2D eigenvalue weighted by atomic mass is 9.77. The van der Waals surface area contributed by atoms with E-state index in [2.05, 4.69) is 11.8 Å². The van der Waals surface area contributed by atoms with Gasteiger partial charge in [0.05, 0.1) is 0 Å². The van der Waals surface area contributed by atoms with Crippen molar-refractivity contribution in [1.29, 1.82) is 0 Å². The monoisotopic (exact) mass is 225 g/mol. The van der Waals surface area contributed by atoms with Crippen molar-refractivity contribution in [3.8, 4) is 0 Å². The van der Waals surface area contributed by atoms with Crippen LogP contribution < -0.4 is 0 Å². The lowest BCUT2D eigenvalue weighted by Gasteiger charge is -2.49. The van der Waals surface area contributed by atoms with Crippen molar-refractivity contribution in [2.24, 2.45) is 11.3 Å². The Morgan fingerprint density at radius 2 is 2.00 bits per heavy atom. The average molecular weight is 225 g/mol. The molecule has 0 radical (unpaired) electrons. The summed E-state index contributed by atoms with van der Waals surface area (Å²) in [6.45, 7) is 5.54. The van der Waals surface area contributed by atoms with Crippen LogP contribution in [0.4, 0.5) is 0 Å². The van der Waals surface area contributed by atoms with Crippen molar-refractivity contribution in [3.63, 3.8) is 0 Å². The molecule has 0 aromatic heterocycles. The van der Waals surface area contributed by atoms with Crippen molar-refractivity contribution in [2.45, 2.75) is 45.4 Å². The SMILES string of the molecule is CCC(CC(=O)O)CN1CC2(CCCC2)C1. The Balaban J connectivity index is 1.72. The molecule has 2 fully saturated rings. The molecule has 1 saturated carbocycles. The predicted molar refractivity (Wildman–Crippen MR) is 63.4 cm³/mol. The first-order valence-corrected chi connectivity index (χ1v) is 6.58. The van der Waals surface area contributed by atoms with Gasteiger partial charge in [-0.1, -0.05) is 26.2 Å². The van der Waals surface area contributed by atoms with E-state index in [0.717, 1.165) is 13.0 Å². The van der Waals surface area contributed by atoms with Gasteiger partial charge in [0.1, 0.15) is 0 Å². The zero-order valence-corrected chi connectivity index (χ0v) is 10.2. The zero-order chi connectivity index (χ0) is 11.6. The van der Waals surface area contributed by atoms with Gasteiger partial charge in [-0.05, 0) is 24.2 Å². The van der Waals surface area contributed by atoms with E-state index in [-0.39, 0.29) is 0 Å². The Morgan fingerprint density at radius 1 is 1.38 bits per heavy atom. The minimum atomic E-state index is -0.650. The fourth-order valence-electron chi connectivity index (χ4n) is 3.42. The van der Waals surface area contributed by atoms with E-state index in [1.807, 2.05) is 0 Å². The fraction of sp³-hybridized carbons (Fsp3) is 0.923. The molecule has 1 saturated heterocycles. The number of nitrogens with zero attached hydrogens (tertiary/aromatic N) is 1. The number of likely N-dealkylation sites (tertiary alicyclic amines) is 1. The molecule has 3 heteroatoms. The van der Waals surface area contributed by atoms with E-state index in [1.165, 1.54) is 38.8 Å². The first-order valence-electron chi connectivity index (χ1n) is 6.58. The third kappa shape index (κ3) is 2.57. The minimum Gasteiger partial charge on any atom is -0.481 e. The van der Waals surface area contributed by atoms with E-state index in [1.54, 1.807) is 0 Å². The quantitative estimate of drug-likeness (QED) is 0.781. The number of carbonyl (C=O) groups is 1. The van der Waals surface area contributed by atoms with Gasteiger partial charge in [0.2, 0.25) is 0 Å². The molecule has 92 valence electrons. The van der Waals surface area contributed by atoms with E-state index < -0.39 is 5.97 Å². The molecule has 1 unspecified atom stereocenters. The molecule has 1 aliphatic heterocycles. The first-order chi connectivity index (χ1) is 7.63. The molecule has 1 heterocycles. The molecule has 0 aromatic rings. The van der Waals surface area contributed by atoms with Crippen LogP contribution in [0.5, 0.6) is 0 Å². The van der Waals surface area contributed by atoms with Crippen LogP contribution in [-0.4, -0.2) is 35.6 Å². The van der Waals surface area contributed by atoms with E-state index in [0.29, 0.717) is 17.8 Å². The van der Waals surface area contributed by atoms with Crippen molar-refractivity contribution in [2.75, 3.05) is 19.6 Å². The Morgan fingerprint density at radius 3 is 2.50 bits per heavy atom. The van der Waals surface area contributed by atoms with Crippen LogP contribution in [0, 0.1) is 11.3 Å². The third-order valence-corrected chi connectivity index (χ3v) is 4.34. The molecular formula is C13H23NO2. The number of rotatable bonds is 5. The largest absolute Gasteiger partial charge is 0.481 e. The molecule has 2 aliphatic rings. The molecule has 1 N–H and O–H groups in total. The Kier molecular flexibility index (Phi) is 3.53. The highest BCUT2D eigenvalue weighted by molar-refractivity contribution is 5.67. The van der Waals surface area contributed by atoms with Gasteiger partial charge in [-0.25, -0.2) is 0 Å². The number of hydrogen-bond donors (Lipinski definition) is 1. The molecule has 1 aliphatic carbocycles. The second kappa shape index (κ2) is 4.74. The van der Waals surface area contributed by atoms with E-state index in [4.69, 9.17) is 5.11 Å². The van der Waals surface area contributed by atoms with Crippen LogP contribution in [-0.2, 0) is 4.79 Å². The molecule has 2 rings (SSSR count). The van der Waals surface area contributed by atoms with Crippen molar-refractivity contribution in [1.82, 2.24) is 4.90 Å². The summed E-state index contributed by atoms with van der Waals surface area (Å²) in [4.78, 5) is 13.1. The maximum atomic E-state index is 10.7. The van der Waals surface area contributed by atoms with E-state index in [9.17, 15) is 4.79 Å². The Labute approximate surface area is 97.8 Å². The van der Waals surface area contributed by atoms with Gasteiger partial charge in [-0.3, -0.25) is 4.79 Å². The molecule has 1 atom stereocenters. The summed E-state index contributed by atoms with van der Waals surface area (Å²) in [7, 11) is 0. The second-order valence-corrected chi connectivity index (χ2v) is 5.75. The summed E-state index contributed by atoms with van der Waals surface area (Å²) in [5.74, 6) is -0.306. The Bertz CT molecular complexity index is 251. The maximum Gasteiger partial charge on any atom is 0.303 e. The van der Waals surface area contributed by atoms with Crippen LogP contribution in [0.1, 0.15) is 45.4 Å². The van der Waals surface area contributed by atoms with Gasteiger partial charge in [0.15, 0.2) is 0 Å². The standard InChI is InChI=1S/C13H23NO2/c1-2-11(7-12(15)16)8-14-9-13(10-14)5-3-4-6-13/h11H,2-10H2,1H3,(H,15,16). The highest BCUT2D eigenvalue weighted by Crippen LogP contribution is 2.45. The van der Waals surface area contributed by atoms with Crippen molar-refractivity contribution >= 4 is 5.97 Å². The van der Waals surface area contributed by atoms with Gasteiger partial charge in [-0.15, -0.1) is 0 Å². The third-order valence-electron chi connectivity index (χ3n) is 4.34. The number of carboxylic acid groups (broad SMARTS) is 1. The van der Waals surface area contributed by atoms with Crippen LogP contribution in [0.25, 0.3) is 0 Å². The van der Waals surface area contributed by atoms with Gasteiger partial charge in [0, 0.05) is 26.1 Å². The first kappa shape index (κ1) is 11.9. The molecule has 3 nitrogen and oxygen atoms in total. The normalized spacial score (nSPS) is 25.6. The zero-order valence-electron chi connectivity index (χ0n) is 10.2. The molecular weight excluding hydrogens is 202 g/mol. The predicted octanol–water partition coefficient (Wildman–Crippen LogP) is 2.36. The van der Waals surface area contributed by atoms with Gasteiger partial charge in [0.25, 0.3) is 0 Å². The van der Waals surface area contributed by atoms with Crippen molar-refractivity contribution < 1.29 is 9.90 Å². The van der Waals surface area contributed by atoms with Crippen LogP contribution in [0.15, 0.2) is 0 Å². The number of carboxylic acids is 1. The maximum absolute atomic E-state index is 10.7. The molecule has 16 heavy (non-hydrogen) atoms. The summed E-state index contributed by atoms with van der Waals surface area (Å²) in [6.07, 6.45) is 6.93. The molecule has 0 bridgehead atoms. The Hall–Kier alpha value is -0.570. The van der Waals surface area contributed by atoms with Gasteiger partial charge in [-0.2, -0.15) is 0 Å². The molecule has 0 amide bonds. The number of aliphatic carboxylic acids is 1. The fourth-order valence-corrected chi connectivity index (χ4v) is 3.42. The molecule has 0 aromatic carbocycles. The lowest BCUT2D eigenvalue weighted by Crippen LogP contribution is -2.56. The summed E-state index contributed by atoms with van der Waals surface area (Å²) in [6, 6.07) is 0. The highest BCUT2D eigenvalue weighted by Gasteiger charge is 2.44. The van der Waals surface area contributed by atoms with Crippen LogP contribution in [0.2, 0.25) is 0 Å². The summed E-state index contributed by atoms with van der Waals surface area (Å²) in [5.41, 5.74) is 0.640. The number of hydrogen-bond acceptors (Lipinski definition) is 2. The van der Waals surface area contributed by atoms with Gasteiger partial charge < -0.3 is 10.0 Å². The van der Waals surface area contributed by atoms with Crippen molar-refractivity contribution in [3.05, 3.63) is 0 Å². The topological polar surface area (TPSA) is 40.5 Å². The summed E-state index contributed by atoms with van der Waals surface area (Å²) < 4.78 is 0. The van der Waals surface area contributed by atoms with Crippen LogP contribution in [0.3, 0.4) is 0 Å². The summed E-state index contributed by atoms with van der Waals surface area (Å²) in [5, 5.41) is 8.81. The second-order valence-electron chi connectivity index (χ2n) is 5.75. The minimum absolute atomic E-state index is 0.333.